The van der Waals surface area contributed by atoms with Crippen molar-refractivity contribution < 1.29 is 22.9 Å². The molecule has 0 aliphatic carbocycles. The number of esters is 1. The summed E-state index contributed by atoms with van der Waals surface area (Å²) >= 11 is 12.1. The van der Waals surface area contributed by atoms with Crippen molar-refractivity contribution in [2.24, 2.45) is 0 Å². The van der Waals surface area contributed by atoms with Crippen LogP contribution in [0.4, 0.5) is 11.4 Å². The first-order valence-electron chi connectivity index (χ1n) is 7.94. The number of rotatable bonds is 7. The molecule has 0 heterocycles. The minimum atomic E-state index is -4.40. The highest BCUT2D eigenvalue weighted by Crippen LogP contribution is 2.33. The predicted octanol–water partition coefficient (Wildman–Crippen LogP) is 4.05. The molecule has 0 saturated heterocycles. The summed E-state index contributed by atoms with van der Waals surface area (Å²) in [6.07, 6.45) is -0.468. The number of nitrogens with zero attached hydrogens (tertiary/aromatic N) is 2. The first-order chi connectivity index (χ1) is 13.0. The molecule has 11 heteroatoms. The quantitative estimate of drug-likeness (QED) is 0.360. The van der Waals surface area contributed by atoms with Crippen molar-refractivity contribution in [3.8, 4) is 0 Å². The van der Waals surface area contributed by atoms with E-state index in [4.69, 9.17) is 27.9 Å². The molecule has 0 radical (unpaired) electrons. The topological polar surface area (TPSA) is 107 Å². The normalized spacial score (nSPS) is 11.3. The lowest BCUT2D eigenvalue weighted by Crippen LogP contribution is -2.37. The van der Waals surface area contributed by atoms with Crippen molar-refractivity contribution in [2.75, 3.05) is 10.8 Å². The van der Waals surface area contributed by atoms with Crippen LogP contribution >= 0.6 is 23.2 Å². The molecule has 28 heavy (non-hydrogen) atoms. The molecule has 0 amide bonds. The first kappa shape index (κ1) is 21.9. The average Bonchev–Trinajstić information content (AvgIpc) is 2.61. The van der Waals surface area contributed by atoms with E-state index in [9.17, 15) is 23.3 Å². The molecule has 0 fully saturated rings. The molecule has 0 N–H and O–H groups in total. The minimum Gasteiger partial charge on any atom is -0.462 e. The number of carbonyl (C=O) groups excluding carboxylic acids is 1. The van der Waals surface area contributed by atoms with E-state index in [1.807, 2.05) is 0 Å². The van der Waals surface area contributed by atoms with Crippen molar-refractivity contribution in [3.05, 3.63) is 62.6 Å². The third-order valence-electron chi connectivity index (χ3n) is 3.43. The fourth-order valence-electron chi connectivity index (χ4n) is 2.28. The van der Waals surface area contributed by atoms with Crippen molar-refractivity contribution >= 4 is 50.6 Å². The SMILES string of the molecule is CC(C)OC(=O)CN(c1cc(Cl)ccc1Cl)S(=O)(=O)c1cccc([N+](=O)[O-])c1. The van der Waals surface area contributed by atoms with E-state index in [2.05, 4.69) is 0 Å². The Balaban J connectivity index is 2.59. The molecule has 0 spiro atoms. The molecule has 0 aliphatic heterocycles. The Bertz CT molecular complexity index is 1010. The largest absolute Gasteiger partial charge is 0.462 e. The van der Waals surface area contributed by atoms with Crippen LogP contribution in [0.3, 0.4) is 0 Å². The van der Waals surface area contributed by atoms with Crippen LogP contribution in [0.5, 0.6) is 0 Å². The van der Waals surface area contributed by atoms with Crippen molar-refractivity contribution in [3.63, 3.8) is 0 Å². The summed E-state index contributed by atoms with van der Waals surface area (Å²) in [4.78, 5) is 22.1. The molecule has 2 rings (SSSR count). The van der Waals surface area contributed by atoms with Crippen LogP contribution in [0.15, 0.2) is 47.4 Å². The molecule has 2 aromatic rings. The maximum absolute atomic E-state index is 13.2. The van der Waals surface area contributed by atoms with Crippen molar-refractivity contribution in [1.29, 1.82) is 0 Å². The number of anilines is 1. The van der Waals surface area contributed by atoms with Crippen LogP contribution in [0.2, 0.25) is 10.0 Å². The van der Waals surface area contributed by atoms with Gasteiger partial charge in [-0.2, -0.15) is 0 Å². The van der Waals surface area contributed by atoms with Gasteiger partial charge in [-0.1, -0.05) is 29.3 Å². The van der Waals surface area contributed by atoms with Gasteiger partial charge in [0.25, 0.3) is 15.7 Å². The number of benzene rings is 2. The Labute approximate surface area is 171 Å². The molecule has 0 aliphatic rings. The van der Waals surface area contributed by atoms with Gasteiger partial charge in [0.15, 0.2) is 0 Å². The van der Waals surface area contributed by atoms with Crippen LogP contribution in [-0.4, -0.2) is 32.0 Å². The summed E-state index contributed by atoms with van der Waals surface area (Å²) in [5.74, 6) is -0.819. The van der Waals surface area contributed by atoms with Crippen LogP contribution in [-0.2, 0) is 19.6 Å². The summed E-state index contributed by atoms with van der Waals surface area (Å²) in [7, 11) is -4.40. The van der Waals surface area contributed by atoms with Gasteiger partial charge in [-0.3, -0.25) is 19.2 Å². The molecule has 0 bridgehead atoms. The lowest BCUT2D eigenvalue weighted by atomic mass is 10.3. The maximum Gasteiger partial charge on any atom is 0.327 e. The smallest absolute Gasteiger partial charge is 0.327 e. The lowest BCUT2D eigenvalue weighted by Gasteiger charge is -2.25. The van der Waals surface area contributed by atoms with E-state index in [1.165, 1.54) is 30.3 Å². The average molecular weight is 447 g/mol. The fraction of sp³-hybridized carbons (Fsp3) is 0.235. The van der Waals surface area contributed by atoms with Crippen molar-refractivity contribution in [1.82, 2.24) is 0 Å². The Kier molecular flexibility index (Phi) is 6.87. The van der Waals surface area contributed by atoms with Gasteiger partial charge in [0.2, 0.25) is 0 Å². The third kappa shape index (κ3) is 5.12. The van der Waals surface area contributed by atoms with Crippen LogP contribution in [0, 0.1) is 10.1 Å². The number of hydrogen-bond donors (Lipinski definition) is 0. The molecule has 0 unspecified atom stereocenters. The molecule has 2 aromatic carbocycles. The zero-order chi connectivity index (χ0) is 21.1. The number of non-ortho nitro benzene ring substituents is 1. The second-order valence-electron chi connectivity index (χ2n) is 5.90. The van der Waals surface area contributed by atoms with Gasteiger partial charge in [0.05, 0.1) is 26.6 Å². The maximum atomic E-state index is 13.2. The predicted molar refractivity (Wildman–Crippen MR) is 105 cm³/mol. The number of sulfonamides is 1. The fourth-order valence-corrected chi connectivity index (χ4v) is 4.17. The summed E-state index contributed by atoms with van der Waals surface area (Å²) in [5, 5.41) is 11.2. The van der Waals surface area contributed by atoms with Crippen LogP contribution in [0.25, 0.3) is 0 Å². The van der Waals surface area contributed by atoms with Crippen LogP contribution < -0.4 is 4.31 Å². The van der Waals surface area contributed by atoms with E-state index in [-0.39, 0.29) is 20.6 Å². The van der Waals surface area contributed by atoms with Gasteiger partial charge in [-0.15, -0.1) is 0 Å². The Morgan fingerprint density at radius 2 is 1.89 bits per heavy atom. The van der Waals surface area contributed by atoms with E-state index >= 15 is 0 Å². The Morgan fingerprint density at radius 1 is 1.21 bits per heavy atom. The van der Waals surface area contributed by atoms with Gasteiger partial charge in [-0.05, 0) is 38.1 Å². The number of ether oxygens (including phenoxy) is 1. The molecular weight excluding hydrogens is 431 g/mol. The zero-order valence-corrected chi connectivity index (χ0v) is 17.2. The molecule has 150 valence electrons. The Hall–Kier alpha value is -2.36. The van der Waals surface area contributed by atoms with E-state index < -0.39 is 39.3 Å². The summed E-state index contributed by atoms with van der Waals surface area (Å²) < 4.78 is 32.1. The molecular formula is C17H16Cl2N2O6S. The van der Waals surface area contributed by atoms with Crippen molar-refractivity contribution in [2.45, 2.75) is 24.8 Å². The van der Waals surface area contributed by atoms with E-state index in [0.717, 1.165) is 12.1 Å². The molecule has 0 saturated carbocycles. The van der Waals surface area contributed by atoms with Gasteiger partial charge in [0.1, 0.15) is 6.54 Å². The van der Waals surface area contributed by atoms with Gasteiger partial charge in [-0.25, -0.2) is 8.42 Å². The third-order valence-corrected chi connectivity index (χ3v) is 5.74. The number of hydrogen-bond acceptors (Lipinski definition) is 6. The number of nitro groups is 1. The monoisotopic (exact) mass is 446 g/mol. The second kappa shape index (κ2) is 8.76. The van der Waals surface area contributed by atoms with E-state index in [1.54, 1.807) is 13.8 Å². The minimum absolute atomic E-state index is 0.0238. The van der Waals surface area contributed by atoms with Gasteiger partial charge in [0, 0.05) is 17.2 Å². The number of carbonyl (C=O) groups is 1. The van der Waals surface area contributed by atoms with Gasteiger partial charge < -0.3 is 4.74 Å². The summed E-state index contributed by atoms with van der Waals surface area (Å²) in [5.41, 5.74) is -0.468. The number of halogens is 2. The highest BCUT2D eigenvalue weighted by atomic mass is 35.5. The summed E-state index contributed by atoms with van der Waals surface area (Å²) in [6.45, 7) is 2.54. The summed E-state index contributed by atoms with van der Waals surface area (Å²) in [6, 6.07) is 8.58. The lowest BCUT2D eigenvalue weighted by molar-refractivity contribution is -0.385. The van der Waals surface area contributed by atoms with Gasteiger partial charge >= 0.3 is 5.97 Å². The van der Waals surface area contributed by atoms with E-state index in [0.29, 0.717) is 4.31 Å². The molecule has 8 nitrogen and oxygen atoms in total. The second-order valence-corrected chi connectivity index (χ2v) is 8.61. The molecule has 0 aromatic heterocycles. The highest BCUT2D eigenvalue weighted by molar-refractivity contribution is 7.92. The van der Waals surface area contributed by atoms with Crippen LogP contribution in [0.1, 0.15) is 13.8 Å². The highest BCUT2D eigenvalue weighted by Gasteiger charge is 2.31. The molecule has 0 atom stereocenters. The standard InChI is InChI=1S/C17H16Cl2N2O6S/c1-11(2)27-17(22)10-20(16-8-12(18)6-7-15(16)19)28(25,26)14-5-3-4-13(9-14)21(23)24/h3-9,11H,10H2,1-2H3. The first-order valence-corrected chi connectivity index (χ1v) is 10.1. The number of nitro benzene ring substituents is 1. The zero-order valence-electron chi connectivity index (χ0n) is 14.8. The Morgan fingerprint density at radius 3 is 2.50 bits per heavy atom.